The molecule has 0 spiro atoms. The number of ether oxygens (including phenoxy) is 1. The fourth-order valence-electron chi connectivity index (χ4n) is 2.22. The van der Waals surface area contributed by atoms with Crippen LogP contribution in [0.4, 0.5) is 5.69 Å². The zero-order valence-corrected chi connectivity index (χ0v) is 13.7. The first-order chi connectivity index (χ1) is 11.9. The van der Waals surface area contributed by atoms with Crippen molar-refractivity contribution < 1.29 is 24.4 Å². The van der Waals surface area contributed by atoms with Crippen molar-refractivity contribution in [1.82, 2.24) is 10.2 Å². The van der Waals surface area contributed by atoms with Gasteiger partial charge >= 0.3 is 5.97 Å². The SMILES string of the molecule is CCOC(=O)c1[nH]nc(C(=O)C(C)CO)c1-c1ccc([N+](=O)[O-])cc1. The number of benzene rings is 1. The number of nitrogens with one attached hydrogen (secondary N) is 1. The number of H-pyrrole nitrogens is 1. The molecule has 0 saturated heterocycles. The van der Waals surface area contributed by atoms with Gasteiger partial charge in [0.25, 0.3) is 5.69 Å². The number of aromatic nitrogens is 2. The molecule has 0 saturated carbocycles. The minimum Gasteiger partial charge on any atom is -0.461 e. The third-order valence-electron chi connectivity index (χ3n) is 3.57. The molecule has 2 N–H and O–H groups in total. The van der Waals surface area contributed by atoms with Crippen molar-refractivity contribution in [1.29, 1.82) is 0 Å². The molecule has 0 bridgehead atoms. The zero-order chi connectivity index (χ0) is 18.6. The molecule has 25 heavy (non-hydrogen) atoms. The summed E-state index contributed by atoms with van der Waals surface area (Å²) in [5, 5.41) is 26.4. The van der Waals surface area contributed by atoms with Gasteiger partial charge in [-0.05, 0) is 24.6 Å². The van der Waals surface area contributed by atoms with Gasteiger partial charge in [-0.1, -0.05) is 6.92 Å². The maximum atomic E-state index is 12.4. The fourth-order valence-corrected chi connectivity index (χ4v) is 2.22. The van der Waals surface area contributed by atoms with E-state index in [0.29, 0.717) is 5.56 Å². The van der Waals surface area contributed by atoms with E-state index in [1.165, 1.54) is 31.2 Å². The number of carbonyl (C=O) groups is 2. The van der Waals surface area contributed by atoms with E-state index in [4.69, 9.17) is 4.74 Å². The third-order valence-corrected chi connectivity index (χ3v) is 3.57. The molecule has 0 aliphatic rings. The van der Waals surface area contributed by atoms with Gasteiger partial charge in [-0.25, -0.2) is 4.79 Å². The van der Waals surface area contributed by atoms with Crippen LogP contribution in [0, 0.1) is 16.0 Å². The maximum absolute atomic E-state index is 12.4. The van der Waals surface area contributed by atoms with Gasteiger partial charge in [-0.3, -0.25) is 20.0 Å². The molecule has 1 aromatic carbocycles. The summed E-state index contributed by atoms with van der Waals surface area (Å²) in [7, 11) is 0. The zero-order valence-electron chi connectivity index (χ0n) is 13.7. The van der Waals surface area contributed by atoms with Crippen LogP contribution in [0.25, 0.3) is 11.1 Å². The molecule has 132 valence electrons. The summed E-state index contributed by atoms with van der Waals surface area (Å²) in [6.45, 7) is 2.92. The van der Waals surface area contributed by atoms with E-state index in [2.05, 4.69) is 10.2 Å². The largest absolute Gasteiger partial charge is 0.461 e. The van der Waals surface area contributed by atoms with Gasteiger partial charge in [0.1, 0.15) is 5.69 Å². The number of aromatic amines is 1. The second kappa shape index (κ2) is 7.67. The van der Waals surface area contributed by atoms with Crippen LogP contribution in [0.5, 0.6) is 0 Å². The first kappa shape index (κ1) is 18.3. The quantitative estimate of drug-likeness (QED) is 0.338. The van der Waals surface area contributed by atoms with E-state index in [1.807, 2.05) is 0 Å². The maximum Gasteiger partial charge on any atom is 0.357 e. The van der Waals surface area contributed by atoms with Crippen molar-refractivity contribution >= 4 is 17.4 Å². The molecular weight excluding hydrogens is 330 g/mol. The molecule has 2 rings (SSSR count). The summed E-state index contributed by atoms with van der Waals surface area (Å²) in [5.74, 6) is -1.86. The molecule has 1 unspecified atom stereocenters. The van der Waals surface area contributed by atoms with Crippen LogP contribution < -0.4 is 0 Å². The number of nitro benzene ring substituents is 1. The molecule has 1 aromatic heterocycles. The van der Waals surface area contributed by atoms with Gasteiger partial charge < -0.3 is 9.84 Å². The van der Waals surface area contributed by atoms with Gasteiger partial charge in [0, 0.05) is 23.6 Å². The lowest BCUT2D eigenvalue weighted by Crippen LogP contribution is -2.16. The summed E-state index contributed by atoms with van der Waals surface area (Å²) < 4.78 is 4.95. The number of hydrogen-bond donors (Lipinski definition) is 2. The Hall–Kier alpha value is -3.07. The van der Waals surface area contributed by atoms with E-state index in [0.717, 1.165) is 0 Å². The van der Waals surface area contributed by atoms with Crippen LogP contribution in [-0.2, 0) is 4.74 Å². The van der Waals surface area contributed by atoms with Crippen LogP contribution in [0.3, 0.4) is 0 Å². The number of aliphatic hydroxyl groups is 1. The molecule has 2 aromatic rings. The second-order valence-electron chi connectivity index (χ2n) is 5.29. The number of rotatable bonds is 7. The number of hydrogen-bond acceptors (Lipinski definition) is 7. The van der Waals surface area contributed by atoms with E-state index >= 15 is 0 Å². The molecule has 1 heterocycles. The van der Waals surface area contributed by atoms with Crippen molar-refractivity contribution in [3.8, 4) is 11.1 Å². The van der Waals surface area contributed by atoms with E-state index in [9.17, 15) is 24.8 Å². The smallest absolute Gasteiger partial charge is 0.357 e. The molecule has 0 radical (unpaired) electrons. The minimum absolute atomic E-state index is 0.0239. The van der Waals surface area contributed by atoms with E-state index in [1.54, 1.807) is 6.92 Å². The first-order valence-electron chi connectivity index (χ1n) is 7.56. The van der Waals surface area contributed by atoms with Gasteiger partial charge in [0.2, 0.25) is 0 Å². The average Bonchev–Trinajstić information content (AvgIpc) is 3.05. The highest BCUT2D eigenvalue weighted by Gasteiger charge is 2.28. The number of Topliss-reactive ketones (excluding diaryl/α,β-unsaturated/α-hetero) is 1. The Kier molecular flexibility index (Phi) is 5.60. The van der Waals surface area contributed by atoms with Crippen LogP contribution in [0.2, 0.25) is 0 Å². The third kappa shape index (κ3) is 3.72. The van der Waals surface area contributed by atoms with Crippen LogP contribution in [0.15, 0.2) is 24.3 Å². The predicted molar refractivity (Wildman–Crippen MR) is 87.2 cm³/mol. The summed E-state index contributed by atoms with van der Waals surface area (Å²) in [6.07, 6.45) is 0. The van der Waals surface area contributed by atoms with Crippen molar-refractivity contribution in [2.45, 2.75) is 13.8 Å². The summed E-state index contributed by atoms with van der Waals surface area (Å²) in [6, 6.07) is 5.38. The molecular formula is C16H17N3O6. The molecule has 9 heteroatoms. The number of carbonyl (C=O) groups excluding carboxylic acids is 2. The Balaban J connectivity index is 2.58. The highest BCUT2D eigenvalue weighted by atomic mass is 16.6. The van der Waals surface area contributed by atoms with Crippen molar-refractivity contribution in [2.24, 2.45) is 5.92 Å². The molecule has 0 fully saturated rings. The molecule has 1 atom stereocenters. The van der Waals surface area contributed by atoms with E-state index < -0.39 is 22.6 Å². The average molecular weight is 347 g/mol. The lowest BCUT2D eigenvalue weighted by Gasteiger charge is -2.08. The lowest BCUT2D eigenvalue weighted by atomic mass is 9.96. The molecule has 0 aliphatic carbocycles. The monoisotopic (exact) mass is 347 g/mol. The normalized spacial score (nSPS) is 11.8. The number of esters is 1. The Morgan fingerprint density at radius 3 is 2.52 bits per heavy atom. The number of aliphatic hydroxyl groups excluding tert-OH is 1. The van der Waals surface area contributed by atoms with Crippen LogP contribution in [0.1, 0.15) is 34.8 Å². The fraction of sp³-hybridized carbons (Fsp3) is 0.312. The molecule has 9 nitrogen and oxygen atoms in total. The number of non-ortho nitro benzene ring substituents is 1. The lowest BCUT2D eigenvalue weighted by molar-refractivity contribution is -0.384. The number of nitro groups is 1. The Morgan fingerprint density at radius 1 is 1.36 bits per heavy atom. The first-order valence-corrected chi connectivity index (χ1v) is 7.56. The van der Waals surface area contributed by atoms with Gasteiger partial charge in [0.15, 0.2) is 11.5 Å². The van der Waals surface area contributed by atoms with Gasteiger partial charge in [0.05, 0.1) is 18.1 Å². The second-order valence-corrected chi connectivity index (χ2v) is 5.29. The standard InChI is InChI=1S/C16H17N3O6/c1-3-25-16(22)14-12(10-4-6-11(7-5-10)19(23)24)13(17-18-14)15(21)9(2)8-20/h4-7,9,20H,3,8H2,1-2H3,(H,17,18). The van der Waals surface area contributed by atoms with Crippen LogP contribution in [-0.4, -0.2) is 45.2 Å². The van der Waals surface area contributed by atoms with Crippen molar-refractivity contribution in [2.75, 3.05) is 13.2 Å². The van der Waals surface area contributed by atoms with Gasteiger partial charge in [-0.2, -0.15) is 5.10 Å². The molecule has 0 aliphatic heterocycles. The van der Waals surface area contributed by atoms with Crippen molar-refractivity contribution in [3.63, 3.8) is 0 Å². The highest BCUT2D eigenvalue weighted by molar-refractivity contribution is 6.07. The molecule has 0 amide bonds. The Labute approximate surface area is 142 Å². The summed E-state index contributed by atoms with van der Waals surface area (Å²) >= 11 is 0. The Bertz CT molecular complexity index is 797. The summed E-state index contributed by atoms with van der Waals surface area (Å²) in [5.41, 5.74) is 0.415. The number of ketones is 1. The topological polar surface area (TPSA) is 135 Å². The highest BCUT2D eigenvalue weighted by Crippen LogP contribution is 2.30. The predicted octanol–water partition coefficient (Wildman–Crippen LogP) is 1.97. The van der Waals surface area contributed by atoms with Crippen molar-refractivity contribution in [3.05, 3.63) is 45.8 Å². The number of nitrogens with zero attached hydrogens (tertiary/aromatic N) is 2. The van der Waals surface area contributed by atoms with Crippen LogP contribution >= 0.6 is 0 Å². The van der Waals surface area contributed by atoms with Gasteiger partial charge in [-0.15, -0.1) is 0 Å². The minimum atomic E-state index is -0.713. The van der Waals surface area contributed by atoms with E-state index in [-0.39, 0.29) is 35.9 Å². The Morgan fingerprint density at radius 2 is 2.00 bits per heavy atom. The summed E-state index contributed by atoms with van der Waals surface area (Å²) in [4.78, 5) is 34.8.